The van der Waals surface area contributed by atoms with Crippen LogP contribution < -0.4 is 4.90 Å². The van der Waals surface area contributed by atoms with Crippen molar-refractivity contribution in [3.8, 4) is 0 Å². The molecule has 0 saturated carbocycles. The summed E-state index contributed by atoms with van der Waals surface area (Å²) in [6, 6.07) is 3.65. The fourth-order valence-electron chi connectivity index (χ4n) is 3.41. The summed E-state index contributed by atoms with van der Waals surface area (Å²) < 4.78 is 1.89. The Morgan fingerprint density at radius 1 is 1.25 bits per heavy atom. The topological polar surface area (TPSA) is 67.2 Å². The second-order valence-electron chi connectivity index (χ2n) is 6.54. The first-order valence-electron chi connectivity index (χ1n) is 8.22. The number of amides is 1. The van der Waals surface area contributed by atoms with Gasteiger partial charge in [-0.3, -0.25) is 9.48 Å². The normalized spacial score (nSPS) is 17.4. The van der Waals surface area contributed by atoms with E-state index in [4.69, 9.17) is 0 Å². The van der Waals surface area contributed by atoms with Crippen LogP contribution in [0.1, 0.15) is 46.3 Å². The molecular weight excluding hydrogens is 304 g/mol. The average molecular weight is 328 g/mol. The zero-order valence-electron chi connectivity index (χ0n) is 14.9. The predicted octanol–water partition coefficient (Wildman–Crippen LogP) is 1.87. The molecule has 0 aromatic carbocycles. The van der Waals surface area contributed by atoms with Crippen molar-refractivity contribution < 1.29 is 4.79 Å². The zero-order valence-corrected chi connectivity index (χ0v) is 14.9. The summed E-state index contributed by atoms with van der Waals surface area (Å²) in [6.45, 7) is 4.81. The highest BCUT2D eigenvalue weighted by molar-refractivity contribution is 5.92. The van der Waals surface area contributed by atoms with Crippen LogP contribution in [0, 0.1) is 13.8 Å². The number of anilines is 1. The lowest BCUT2D eigenvalue weighted by molar-refractivity contribution is 0.0728. The quantitative estimate of drug-likeness (QED) is 0.860. The highest BCUT2D eigenvalue weighted by Crippen LogP contribution is 2.36. The first-order chi connectivity index (χ1) is 11.4. The molecule has 2 aromatic rings. The molecule has 0 aliphatic carbocycles. The molecule has 3 rings (SSSR count). The minimum absolute atomic E-state index is 0.0574. The van der Waals surface area contributed by atoms with E-state index in [1.165, 1.54) is 5.56 Å². The molecule has 1 atom stereocenters. The average Bonchev–Trinajstić information content (AvgIpc) is 3.12. The number of likely N-dealkylation sites (tertiary alicyclic amines) is 1. The van der Waals surface area contributed by atoms with E-state index < -0.39 is 0 Å². The molecule has 1 fully saturated rings. The van der Waals surface area contributed by atoms with E-state index >= 15 is 0 Å². The molecule has 1 saturated heterocycles. The van der Waals surface area contributed by atoms with E-state index in [0.717, 1.165) is 36.6 Å². The van der Waals surface area contributed by atoms with Crippen molar-refractivity contribution in [2.75, 3.05) is 25.5 Å². The van der Waals surface area contributed by atoms with Crippen molar-refractivity contribution in [1.82, 2.24) is 24.9 Å². The van der Waals surface area contributed by atoms with Gasteiger partial charge in [-0.25, -0.2) is 0 Å². The third-order valence-electron chi connectivity index (χ3n) is 4.74. The first-order valence-corrected chi connectivity index (χ1v) is 8.22. The van der Waals surface area contributed by atoms with Gasteiger partial charge in [-0.1, -0.05) is 0 Å². The highest BCUT2D eigenvalue weighted by atomic mass is 16.2. The standard InChI is InChI=1S/C17H24N6O/c1-11-16(12(2)22(5)20-11)14-7-6-10-23(14)17(24)13-8-9-15(19-18-13)21(3)4/h8-9,14H,6-7,10H2,1-5H3/t14-/m1/s1. The summed E-state index contributed by atoms with van der Waals surface area (Å²) in [4.78, 5) is 16.7. The zero-order chi connectivity index (χ0) is 17.4. The Balaban J connectivity index is 1.88. The van der Waals surface area contributed by atoms with Crippen molar-refractivity contribution in [2.24, 2.45) is 7.05 Å². The summed E-state index contributed by atoms with van der Waals surface area (Å²) in [7, 11) is 5.74. The minimum Gasteiger partial charge on any atom is -0.361 e. The molecule has 0 radical (unpaired) electrons. The number of aromatic nitrogens is 4. The lowest BCUT2D eigenvalue weighted by atomic mass is 10.0. The third-order valence-corrected chi connectivity index (χ3v) is 4.74. The molecule has 0 spiro atoms. The van der Waals surface area contributed by atoms with Crippen LogP contribution >= 0.6 is 0 Å². The highest BCUT2D eigenvalue weighted by Gasteiger charge is 2.34. The number of rotatable bonds is 3. The van der Waals surface area contributed by atoms with Gasteiger partial charge in [0, 0.05) is 38.9 Å². The molecular formula is C17H24N6O. The van der Waals surface area contributed by atoms with Gasteiger partial charge in [0.15, 0.2) is 11.5 Å². The second-order valence-corrected chi connectivity index (χ2v) is 6.54. The van der Waals surface area contributed by atoms with Gasteiger partial charge in [-0.2, -0.15) is 5.10 Å². The summed E-state index contributed by atoms with van der Waals surface area (Å²) in [5, 5.41) is 12.7. The molecule has 0 bridgehead atoms. The van der Waals surface area contributed by atoms with Crippen LogP contribution in [-0.2, 0) is 7.05 Å². The molecule has 1 aliphatic heterocycles. The first kappa shape index (κ1) is 16.4. The molecule has 3 heterocycles. The van der Waals surface area contributed by atoms with Crippen LogP contribution in [0.4, 0.5) is 5.82 Å². The maximum Gasteiger partial charge on any atom is 0.274 e. The SMILES string of the molecule is Cc1nn(C)c(C)c1[C@H]1CCCN1C(=O)c1ccc(N(C)C)nn1. The number of nitrogens with zero attached hydrogens (tertiary/aromatic N) is 6. The molecule has 0 N–H and O–H groups in total. The minimum atomic E-state index is -0.0574. The summed E-state index contributed by atoms with van der Waals surface area (Å²) >= 11 is 0. The largest absolute Gasteiger partial charge is 0.361 e. The van der Waals surface area contributed by atoms with Gasteiger partial charge in [0.05, 0.1) is 11.7 Å². The Morgan fingerprint density at radius 2 is 2.00 bits per heavy atom. The number of aryl methyl sites for hydroxylation is 2. The Hall–Kier alpha value is -2.44. The Bertz CT molecular complexity index is 749. The van der Waals surface area contributed by atoms with Gasteiger partial charge in [0.25, 0.3) is 5.91 Å². The monoisotopic (exact) mass is 328 g/mol. The lowest BCUT2D eigenvalue weighted by Gasteiger charge is -2.25. The van der Waals surface area contributed by atoms with Gasteiger partial charge in [-0.05, 0) is 38.8 Å². The molecule has 7 heteroatoms. The molecule has 1 amide bonds. The lowest BCUT2D eigenvalue weighted by Crippen LogP contribution is -2.32. The maximum atomic E-state index is 12.9. The molecule has 0 unspecified atom stereocenters. The van der Waals surface area contributed by atoms with E-state index in [1.807, 2.05) is 48.6 Å². The van der Waals surface area contributed by atoms with Crippen LogP contribution in [0.2, 0.25) is 0 Å². The Labute approximate surface area is 142 Å². The summed E-state index contributed by atoms with van der Waals surface area (Å²) in [6.07, 6.45) is 1.95. The molecule has 128 valence electrons. The maximum absolute atomic E-state index is 12.9. The van der Waals surface area contributed by atoms with Gasteiger partial charge < -0.3 is 9.80 Å². The van der Waals surface area contributed by atoms with Crippen molar-refractivity contribution >= 4 is 11.7 Å². The Kier molecular flexibility index (Phi) is 4.26. The number of carbonyl (C=O) groups excluding carboxylic acids is 1. The van der Waals surface area contributed by atoms with Crippen molar-refractivity contribution in [3.63, 3.8) is 0 Å². The smallest absolute Gasteiger partial charge is 0.274 e. The predicted molar refractivity (Wildman–Crippen MR) is 92.1 cm³/mol. The van der Waals surface area contributed by atoms with E-state index in [9.17, 15) is 4.79 Å². The van der Waals surface area contributed by atoms with Gasteiger partial charge >= 0.3 is 0 Å². The second kappa shape index (κ2) is 6.22. The van der Waals surface area contributed by atoms with Crippen molar-refractivity contribution in [3.05, 3.63) is 34.8 Å². The fraction of sp³-hybridized carbons (Fsp3) is 0.529. The van der Waals surface area contributed by atoms with E-state index in [-0.39, 0.29) is 11.9 Å². The van der Waals surface area contributed by atoms with Crippen LogP contribution in [0.25, 0.3) is 0 Å². The molecule has 2 aromatic heterocycles. The number of carbonyl (C=O) groups is 1. The fourth-order valence-corrected chi connectivity index (χ4v) is 3.41. The van der Waals surface area contributed by atoms with Crippen molar-refractivity contribution in [1.29, 1.82) is 0 Å². The van der Waals surface area contributed by atoms with E-state index in [1.54, 1.807) is 6.07 Å². The molecule has 1 aliphatic rings. The van der Waals surface area contributed by atoms with Crippen LogP contribution in [0.3, 0.4) is 0 Å². The Morgan fingerprint density at radius 3 is 2.54 bits per heavy atom. The molecule has 7 nitrogen and oxygen atoms in total. The van der Waals surface area contributed by atoms with Gasteiger partial charge in [0.2, 0.25) is 0 Å². The van der Waals surface area contributed by atoms with Crippen molar-refractivity contribution in [2.45, 2.75) is 32.7 Å². The summed E-state index contributed by atoms with van der Waals surface area (Å²) in [5.41, 5.74) is 3.67. The summed E-state index contributed by atoms with van der Waals surface area (Å²) in [5.74, 6) is 0.682. The molecule has 24 heavy (non-hydrogen) atoms. The third kappa shape index (κ3) is 2.74. The van der Waals surface area contributed by atoms with E-state index in [2.05, 4.69) is 22.2 Å². The van der Waals surface area contributed by atoms with Crippen LogP contribution in [0.15, 0.2) is 12.1 Å². The van der Waals surface area contributed by atoms with E-state index in [0.29, 0.717) is 5.69 Å². The van der Waals surface area contributed by atoms with Gasteiger partial charge in [-0.15, -0.1) is 10.2 Å². The van der Waals surface area contributed by atoms with Crippen LogP contribution in [-0.4, -0.2) is 51.4 Å². The van der Waals surface area contributed by atoms with Crippen LogP contribution in [0.5, 0.6) is 0 Å². The van der Waals surface area contributed by atoms with Gasteiger partial charge in [0.1, 0.15) is 0 Å². The number of hydrogen-bond acceptors (Lipinski definition) is 5. The number of hydrogen-bond donors (Lipinski definition) is 0.